The van der Waals surface area contributed by atoms with Gasteiger partial charge in [0.05, 0.1) is 5.56 Å². The molecule has 0 aromatic heterocycles. The van der Waals surface area contributed by atoms with Gasteiger partial charge >= 0.3 is 6.18 Å². The zero-order chi connectivity index (χ0) is 12.2. The van der Waals surface area contributed by atoms with E-state index in [0.29, 0.717) is 5.56 Å². The summed E-state index contributed by atoms with van der Waals surface area (Å²) in [5.41, 5.74) is 0.749. The maximum absolute atomic E-state index is 12.5. The monoisotopic (exact) mass is 228 g/mol. The summed E-state index contributed by atoms with van der Waals surface area (Å²) in [7, 11) is 0. The molecule has 88 valence electrons. The Kier molecular flexibility index (Phi) is 4.16. The molecule has 0 aliphatic rings. The molecule has 0 saturated heterocycles. The Bertz CT molecular complexity index is 364. The molecular weight excluding hydrogens is 213 g/mol. The summed E-state index contributed by atoms with van der Waals surface area (Å²) in [5.74, 6) is 0. The van der Waals surface area contributed by atoms with E-state index in [2.05, 4.69) is 6.58 Å². The van der Waals surface area contributed by atoms with Crippen LogP contribution in [0.4, 0.5) is 13.2 Å². The summed E-state index contributed by atoms with van der Waals surface area (Å²) in [4.78, 5) is 0. The number of hydrogen-bond donors (Lipinski definition) is 0. The van der Waals surface area contributed by atoms with E-state index in [1.807, 2.05) is 6.92 Å². The summed E-state index contributed by atoms with van der Waals surface area (Å²) in [5, 5.41) is 0. The van der Waals surface area contributed by atoms with Crippen molar-refractivity contribution in [2.45, 2.75) is 32.4 Å². The third kappa shape index (κ3) is 3.40. The van der Waals surface area contributed by atoms with Crippen LogP contribution in [0.25, 0.3) is 5.57 Å². The van der Waals surface area contributed by atoms with Gasteiger partial charge in [0.25, 0.3) is 0 Å². The molecule has 0 aliphatic carbocycles. The van der Waals surface area contributed by atoms with Gasteiger partial charge in [-0.1, -0.05) is 32.1 Å². The molecule has 0 radical (unpaired) electrons. The number of alkyl halides is 3. The van der Waals surface area contributed by atoms with Crippen LogP contribution in [0.15, 0.2) is 30.8 Å². The highest BCUT2D eigenvalue weighted by atomic mass is 19.4. The van der Waals surface area contributed by atoms with Crippen molar-refractivity contribution in [1.29, 1.82) is 0 Å². The third-order valence-corrected chi connectivity index (χ3v) is 2.43. The second kappa shape index (κ2) is 5.19. The molecule has 0 fully saturated rings. The van der Waals surface area contributed by atoms with Gasteiger partial charge in [-0.2, -0.15) is 13.2 Å². The first-order valence-electron chi connectivity index (χ1n) is 5.30. The minimum Gasteiger partial charge on any atom is -0.166 e. The van der Waals surface area contributed by atoms with Gasteiger partial charge in [0.2, 0.25) is 0 Å². The van der Waals surface area contributed by atoms with Crippen molar-refractivity contribution in [3.05, 3.63) is 42.0 Å². The van der Waals surface area contributed by atoms with Crippen molar-refractivity contribution in [1.82, 2.24) is 0 Å². The second-order valence-corrected chi connectivity index (χ2v) is 3.79. The van der Waals surface area contributed by atoms with E-state index in [1.54, 1.807) is 6.07 Å². The Morgan fingerprint density at radius 1 is 1.31 bits per heavy atom. The topological polar surface area (TPSA) is 0 Å². The third-order valence-electron chi connectivity index (χ3n) is 2.43. The highest BCUT2D eigenvalue weighted by molar-refractivity contribution is 5.63. The van der Waals surface area contributed by atoms with Gasteiger partial charge in [-0.15, -0.1) is 0 Å². The first kappa shape index (κ1) is 12.8. The fourth-order valence-electron chi connectivity index (χ4n) is 1.45. The SMILES string of the molecule is C=C(CCCC)c1cccc(C(F)(F)F)c1. The molecule has 0 amide bonds. The van der Waals surface area contributed by atoms with Crippen molar-refractivity contribution in [3.8, 4) is 0 Å². The van der Waals surface area contributed by atoms with Gasteiger partial charge in [-0.3, -0.25) is 0 Å². The maximum Gasteiger partial charge on any atom is 0.416 e. The summed E-state index contributed by atoms with van der Waals surface area (Å²) < 4.78 is 37.4. The van der Waals surface area contributed by atoms with E-state index in [-0.39, 0.29) is 0 Å². The lowest BCUT2D eigenvalue weighted by Gasteiger charge is -2.10. The van der Waals surface area contributed by atoms with Gasteiger partial charge < -0.3 is 0 Å². The molecular formula is C13H15F3. The van der Waals surface area contributed by atoms with E-state index < -0.39 is 11.7 Å². The Labute approximate surface area is 93.8 Å². The van der Waals surface area contributed by atoms with Gasteiger partial charge in [0.15, 0.2) is 0 Å². The Morgan fingerprint density at radius 2 is 2.00 bits per heavy atom. The number of unbranched alkanes of at least 4 members (excludes halogenated alkanes) is 1. The van der Waals surface area contributed by atoms with Crippen LogP contribution >= 0.6 is 0 Å². The summed E-state index contributed by atoms with van der Waals surface area (Å²) in [6, 6.07) is 5.34. The molecule has 0 atom stereocenters. The van der Waals surface area contributed by atoms with Crippen LogP contribution < -0.4 is 0 Å². The Morgan fingerprint density at radius 3 is 2.56 bits per heavy atom. The van der Waals surface area contributed by atoms with E-state index in [0.717, 1.165) is 37.0 Å². The van der Waals surface area contributed by atoms with E-state index in [4.69, 9.17) is 0 Å². The molecule has 0 nitrogen and oxygen atoms in total. The molecule has 0 heterocycles. The van der Waals surface area contributed by atoms with Crippen LogP contribution in [-0.4, -0.2) is 0 Å². The van der Waals surface area contributed by atoms with E-state index >= 15 is 0 Å². The zero-order valence-corrected chi connectivity index (χ0v) is 9.27. The second-order valence-electron chi connectivity index (χ2n) is 3.79. The fourth-order valence-corrected chi connectivity index (χ4v) is 1.45. The van der Waals surface area contributed by atoms with Gasteiger partial charge in [0.1, 0.15) is 0 Å². The van der Waals surface area contributed by atoms with Gasteiger partial charge in [0, 0.05) is 0 Å². The number of benzene rings is 1. The molecule has 1 rings (SSSR count). The molecule has 0 N–H and O–H groups in total. The number of halogens is 3. The van der Waals surface area contributed by atoms with Crippen LogP contribution in [0, 0.1) is 0 Å². The number of allylic oxidation sites excluding steroid dienone is 1. The zero-order valence-electron chi connectivity index (χ0n) is 9.27. The first-order chi connectivity index (χ1) is 7.45. The van der Waals surface area contributed by atoms with E-state index in [1.165, 1.54) is 6.07 Å². The average molecular weight is 228 g/mol. The lowest BCUT2D eigenvalue weighted by atomic mass is 10.00. The molecule has 0 aliphatic heterocycles. The number of rotatable bonds is 4. The molecule has 1 aromatic carbocycles. The number of hydrogen-bond acceptors (Lipinski definition) is 0. The van der Waals surface area contributed by atoms with Crippen molar-refractivity contribution >= 4 is 5.57 Å². The average Bonchev–Trinajstić information content (AvgIpc) is 2.25. The summed E-state index contributed by atoms with van der Waals surface area (Å²) in [6.07, 6.45) is -1.56. The van der Waals surface area contributed by atoms with Gasteiger partial charge in [-0.05, 0) is 36.1 Å². The molecule has 0 unspecified atom stereocenters. The van der Waals surface area contributed by atoms with Crippen LogP contribution in [0.2, 0.25) is 0 Å². The van der Waals surface area contributed by atoms with Crippen molar-refractivity contribution in [2.24, 2.45) is 0 Å². The smallest absolute Gasteiger partial charge is 0.166 e. The molecule has 1 aromatic rings. The lowest BCUT2D eigenvalue weighted by molar-refractivity contribution is -0.137. The van der Waals surface area contributed by atoms with E-state index in [9.17, 15) is 13.2 Å². The van der Waals surface area contributed by atoms with Gasteiger partial charge in [-0.25, -0.2) is 0 Å². The fraction of sp³-hybridized carbons (Fsp3) is 0.385. The van der Waals surface area contributed by atoms with Crippen LogP contribution in [-0.2, 0) is 6.18 Å². The van der Waals surface area contributed by atoms with Crippen LogP contribution in [0.5, 0.6) is 0 Å². The Balaban J connectivity index is 2.86. The van der Waals surface area contributed by atoms with Crippen molar-refractivity contribution in [2.75, 3.05) is 0 Å². The minimum absolute atomic E-state index is 0.586. The van der Waals surface area contributed by atoms with Crippen LogP contribution in [0.3, 0.4) is 0 Å². The molecule has 0 bridgehead atoms. The lowest BCUT2D eigenvalue weighted by Crippen LogP contribution is -2.04. The van der Waals surface area contributed by atoms with Crippen LogP contribution in [0.1, 0.15) is 37.3 Å². The normalized spacial score (nSPS) is 11.5. The Hall–Kier alpha value is -1.25. The quantitative estimate of drug-likeness (QED) is 0.687. The largest absolute Gasteiger partial charge is 0.416 e. The van der Waals surface area contributed by atoms with Crippen molar-refractivity contribution < 1.29 is 13.2 Å². The molecule has 16 heavy (non-hydrogen) atoms. The van der Waals surface area contributed by atoms with Crippen molar-refractivity contribution in [3.63, 3.8) is 0 Å². The predicted molar refractivity (Wildman–Crippen MR) is 60.0 cm³/mol. The maximum atomic E-state index is 12.5. The molecule has 0 saturated carbocycles. The molecule has 3 heteroatoms. The standard InChI is InChI=1S/C13H15F3/c1-3-4-6-10(2)11-7-5-8-12(9-11)13(14,15)16/h5,7-9H,2-4,6H2,1H3. The summed E-state index contributed by atoms with van der Waals surface area (Å²) >= 11 is 0. The highest BCUT2D eigenvalue weighted by Gasteiger charge is 2.30. The predicted octanol–water partition coefficient (Wildman–Crippen LogP) is 4.91. The minimum atomic E-state index is -4.28. The summed E-state index contributed by atoms with van der Waals surface area (Å²) in [6.45, 7) is 5.86. The highest BCUT2D eigenvalue weighted by Crippen LogP contribution is 2.31. The molecule has 0 spiro atoms. The first-order valence-corrected chi connectivity index (χ1v) is 5.30.